The minimum absolute atomic E-state index is 0.301. The van der Waals surface area contributed by atoms with Crippen LogP contribution in [-0.2, 0) is 16.4 Å². The van der Waals surface area contributed by atoms with E-state index in [-0.39, 0.29) is 0 Å². The molecule has 0 amide bonds. The predicted molar refractivity (Wildman–Crippen MR) is 104 cm³/mol. The molecule has 0 heterocycles. The summed E-state index contributed by atoms with van der Waals surface area (Å²) < 4.78 is 28.7. The van der Waals surface area contributed by atoms with E-state index < -0.39 is 10.0 Å². The van der Waals surface area contributed by atoms with Crippen molar-refractivity contribution in [2.75, 3.05) is 4.72 Å². The van der Waals surface area contributed by atoms with E-state index in [9.17, 15) is 8.42 Å². The first-order valence-corrected chi connectivity index (χ1v) is 10.4. The molecule has 0 spiro atoms. The molecule has 0 saturated carbocycles. The van der Waals surface area contributed by atoms with Gasteiger partial charge in [-0.2, -0.15) is 0 Å². The molecule has 0 aliphatic heterocycles. The number of sulfonamides is 1. The van der Waals surface area contributed by atoms with Crippen LogP contribution in [0.3, 0.4) is 0 Å². The number of unbranched alkanes of at least 4 members (excludes halogenated alkanes) is 2. The van der Waals surface area contributed by atoms with Crippen LogP contribution in [0.25, 0.3) is 0 Å². The first kappa shape index (κ1) is 18.3. The van der Waals surface area contributed by atoms with Crippen LogP contribution in [0.15, 0.2) is 47.4 Å². The highest BCUT2D eigenvalue weighted by atomic mass is 127. The van der Waals surface area contributed by atoms with Crippen molar-refractivity contribution >= 4 is 38.3 Å². The molecule has 0 saturated heterocycles. The summed E-state index contributed by atoms with van der Waals surface area (Å²) in [5.74, 6) is 0. The fourth-order valence-electron chi connectivity index (χ4n) is 2.36. The molecule has 5 heteroatoms. The minimum atomic E-state index is -3.54. The second-order valence-electron chi connectivity index (χ2n) is 5.67. The van der Waals surface area contributed by atoms with Gasteiger partial charge in [0, 0.05) is 3.57 Å². The Labute approximate surface area is 152 Å². The Hall–Kier alpha value is -1.08. The third-order valence-corrected chi connectivity index (χ3v) is 5.79. The molecule has 3 nitrogen and oxygen atoms in total. The van der Waals surface area contributed by atoms with Crippen molar-refractivity contribution in [1.82, 2.24) is 0 Å². The van der Waals surface area contributed by atoms with Crippen molar-refractivity contribution in [3.05, 3.63) is 57.2 Å². The number of rotatable bonds is 7. The minimum Gasteiger partial charge on any atom is -0.279 e. The zero-order chi connectivity index (χ0) is 16.9. The van der Waals surface area contributed by atoms with Crippen molar-refractivity contribution in [1.29, 1.82) is 0 Å². The van der Waals surface area contributed by atoms with Gasteiger partial charge in [0.1, 0.15) is 0 Å². The summed E-state index contributed by atoms with van der Waals surface area (Å²) in [6.07, 6.45) is 4.53. The number of anilines is 1. The monoisotopic (exact) mass is 443 g/mol. The lowest BCUT2D eigenvalue weighted by Gasteiger charge is -2.11. The maximum Gasteiger partial charge on any atom is 0.261 e. The van der Waals surface area contributed by atoms with E-state index >= 15 is 0 Å². The molecule has 0 atom stereocenters. The van der Waals surface area contributed by atoms with Crippen LogP contribution in [0.5, 0.6) is 0 Å². The fraction of sp³-hybridized carbons (Fsp3) is 0.333. The molecule has 23 heavy (non-hydrogen) atoms. The van der Waals surface area contributed by atoms with Crippen LogP contribution in [0.1, 0.15) is 37.3 Å². The molecular formula is C18H22INO2S. The summed E-state index contributed by atoms with van der Waals surface area (Å²) in [7, 11) is -3.54. The zero-order valence-corrected chi connectivity index (χ0v) is 16.4. The van der Waals surface area contributed by atoms with Crippen LogP contribution < -0.4 is 4.72 Å². The van der Waals surface area contributed by atoms with Crippen LogP contribution in [-0.4, -0.2) is 8.42 Å². The van der Waals surface area contributed by atoms with Crippen LogP contribution in [0, 0.1) is 10.5 Å². The molecule has 0 aromatic heterocycles. The van der Waals surface area contributed by atoms with Gasteiger partial charge in [-0.3, -0.25) is 4.72 Å². The molecule has 0 fully saturated rings. The van der Waals surface area contributed by atoms with E-state index in [2.05, 4.69) is 34.2 Å². The van der Waals surface area contributed by atoms with Gasteiger partial charge < -0.3 is 0 Å². The largest absolute Gasteiger partial charge is 0.279 e. The maximum absolute atomic E-state index is 12.5. The summed E-state index contributed by atoms with van der Waals surface area (Å²) in [5, 5.41) is 0. The second-order valence-corrected chi connectivity index (χ2v) is 8.59. The topological polar surface area (TPSA) is 46.2 Å². The first-order valence-electron chi connectivity index (χ1n) is 7.80. The molecule has 0 aliphatic carbocycles. The number of nitrogens with one attached hydrogen (secondary N) is 1. The predicted octanol–water partition coefficient (Wildman–Crippen LogP) is 5.13. The van der Waals surface area contributed by atoms with E-state index in [0.29, 0.717) is 10.6 Å². The first-order chi connectivity index (χ1) is 10.9. The Balaban J connectivity index is 2.13. The number of benzene rings is 2. The Morgan fingerprint density at radius 1 is 1.04 bits per heavy atom. The Bertz CT molecular complexity index is 755. The average molecular weight is 443 g/mol. The quantitative estimate of drug-likeness (QED) is 0.476. The van der Waals surface area contributed by atoms with Gasteiger partial charge in [-0.15, -0.1) is 0 Å². The summed E-state index contributed by atoms with van der Waals surface area (Å²) in [5.41, 5.74) is 2.72. The van der Waals surface area contributed by atoms with Gasteiger partial charge in [-0.25, -0.2) is 8.42 Å². The maximum atomic E-state index is 12.5. The van der Waals surface area contributed by atoms with E-state index in [0.717, 1.165) is 22.0 Å². The van der Waals surface area contributed by atoms with Crippen molar-refractivity contribution in [2.24, 2.45) is 0 Å². The van der Waals surface area contributed by atoms with Gasteiger partial charge in [-0.05, 0) is 83.8 Å². The summed E-state index contributed by atoms with van der Waals surface area (Å²) >= 11 is 2.21. The van der Waals surface area contributed by atoms with E-state index in [1.54, 1.807) is 18.2 Å². The van der Waals surface area contributed by atoms with E-state index in [1.807, 2.05) is 31.2 Å². The van der Waals surface area contributed by atoms with Crippen molar-refractivity contribution in [3.63, 3.8) is 0 Å². The average Bonchev–Trinajstić information content (AvgIpc) is 2.51. The summed E-state index contributed by atoms with van der Waals surface area (Å²) in [6, 6.07) is 12.8. The lowest BCUT2D eigenvalue weighted by molar-refractivity contribution is 0.601. The molecule has 0 bridgehead atoms. The third-order valence-electron chi connectivity index (χ3n) is 3.74. The highest BCUT2D eigenvalue weighted by molar-refractivity contribution is 14.1. The fourth-order valence-corrected chi connectivity index (χ4v) is 4.14. The van der Waals surface area contributed by atoms with Crippen molar-refractivity contribution in [3.8, 4) is 0 Å². The molecule has 0 unspecified atom stereocenters. The van der Waals surface area contributed by atoms with Gasteiger partial charge >= 0.3 is 0 Å². The molecular weight excluding hydrogens is 421 g/mol. The van der Waals surface area contributed by atoms with Gasteiger partial charge in [0.15, 0.2) is 0 Å². The number of aryl methyl sites for hydroxylation is 2. The van der Waals surface area contributed by atoms with Crippen molar-refractivity contribution in [2.45, 2.75) is 44.4 Å². The Kier molecular flexibility index (Phi) is 6.47. The molecule has 2 rings (SSSR count). The van der Waals surface area contributed by atoms with Crippen LogP contribution in [0.2, 0.25) is 0 Å². The Morgan fingerprint density at radius 2 is 1.74 bits per heavy atom. The Morgan fingerprint density at radius 3 is 2.35 bits per heavy atom. The van der Waals surface area contributed by atoms with Crippen molar-refractivity contribution < 1.29 is 8.42 Å². The molecule has 2 aromatic rings. The summed E-state index contributed by atoms with van der Waals surface area (Å²) in [4.78, 5) is 0.301. The van der Waals surface area contributed by atoms with Gasteiger partial charge in [0.2, 0.25) is 0 Å². The highest BCUT2D eigenvalue weighted by Gasteiger charge is 2.15. The SMILES string of the molecule is CCCCCc1ccc(S(=O)(=O)Nc2ccc(I)cc2C)cc1. The zero-order valence-electron chi connectivity index (χ0n) is 13.5. The van der Waals surface area contributed by atoms with E-state index in [1.165, 1.54) is 18.4 Å². The molecule has 2 aromatic carbocycles. The smallest absolute Gasteiger partial charge is 0.261 e. The lowest BCUT2D eigenvalue weighted by Crippen LogP contribution is -2.13. The molecule has 0 aliphatic rings. The molecule has 1 N–H and O–H groups in total. The number of halogens is 1. The highest BCUT2D eigenvalue weighted by Crippen LogP contribution is 2.22. The number of hydrogen-bond donors (Lipinski definition) is 1. The molecule has 124 valence electrons. The molecule has 0 radical (unpaired) electrons. The standard InChI is InChI=1S/C18H22INO2S/c1-3-4-5-6-15-7-10-17(11-8-15)23(21,22)20-18-12-9-16(19)13-14(18)2/h7-13,20H,3-6H2,1-2H3. The second kappa shape index (κ2) is 8.15. The van der Waals surface area contributed by atoms with E-state index in [4.69, 9.17) is 0 Å². The van der Waals surface area contributed by atoms with Gasteiger partial charge in [-0.1, -0.05) is 31.9 Å². The van der Waals surface area contributed by atoms with Crippen LogP contribution in [0.4, 0.5) is 5.69 Å². The summed E-state index contributed by atoms with van der Waals surface area (Å²) in [6.45, 7) is 4.07. The number of hydrogen-bond acceptors (Lipinski definition) is 2. The lowest BCUT2D eigenvalue weighted by atomic mass is 10.1. The normalized spacial score (nSPS) is 11.4. The van der Waals surface area contributed by atoms with Crippen LogP contribution >= 0.6 is 22.6 Å². The van der Waals surface area contributed by atoms with Gasteiger partial charge in [0.25, 0.3) is 10.0 Å². The van der Waals surface area contributed by atoms with Gasteiger partial charge in [0.05, 0.1) is 10.6 Å². The third kappa shape index (κ3) is 5.21.